The number of aliphatic carboxylic acids is 1. The second-order valence-corrected chi connectivity index (χ2v) is 7.50. The van der Waals surface area contributed by atoms with Crippen molar-refractivity contribution in [1.82, 2.24) is 4.90 Å². The number of carboxylic acid groups (broad SMARTS) is 1. The number of nitrogens with zero attached hydrogens (tertiary/aromatic N) is 2. The van der Waals surface area contributed by atoms with Crippen LogP contribution in [0.15, 0.2) is 48.5 Å². The Hall–Kier alpha value is -1.30. The molecule has 2 heterocycles. The number of carbonyl (C=O) groups excluding carboxylic acids is 1. The molecule has 1 unspecified atom stereocenters. The molecule has 1 N–H and O–H groups in total. The molecule has 1 spiro atoms. The van der Waals surface area contributed by atoms with Gasteiger partial charge in [-0.2, -0.15) is 0 Å². The van der Waals surface area contributed by atoms with E-state index in [1.807, 2.05) is 55.5 Å². The second-order valence-electron chi connectivity index (χ2n) is 7.50. The Kier molecular flexibility index (Phi) is 10.8. The third-order valence-electron chi connectivity index (χ3n) is 5.07. The smallest absolute Gasteiger partial charge is 0.679 e. The molecule has 2 aliphatic rings. The number of ether oxygens (including phenoxy) is 3. The standard InChI is InChI=1S/C15H14NO2.C8H13NO4.K/c1-12-2-6-14(7-3-12)18-15-8-4-13(5-9-15)16-10-11-17;1-9-5-8(12-2-3-13-8)4-6(9)7(10)11;/h2-9,11H,10H2,1H3;6H,2-5H2,1H3,(H,10,11);/q-1;;+1. The molecule has 4 rings (SSSR count). The van der Waals surface area contributed by atoms with Gasteiger partial charge in [0.25, 0.3) is 0 Å². The maximum atomic E-state index is 10.8. The zero-order chi connectivity index (χ0) is 22.3. The molecule has 2 fully saturated rings. The molecule has 2 aromatic carbocycles. The summed E-state index contributed by atoms with van der Waals surface area (Å²) in [6, 6.07) is 14.7. The third kappa shape index (κ3) is 7.63. The van der Waals surface area contributed by atoms with Crippen LogP contribution in [-0.4, -0.2) is 67.4 Å². The normalized spacial score (nSPS) is 18.9. The van der Waals surface area contributed by atoms with Gasteiger partial charge in [-0.05, 0) is 38.2 Å². The van der Waals surface area contributed by atoms with E-state index in [0.717, 1.165) is 23.5 Å². The van der Waals surface area contributed by atoms with Gasteiger partial charge in [-0.15, -0.1) is 5.69 Å². The quantitative estimate of drug-likeness (QED) is 0.489. The molecule has 2 saturated heterocycles. The summed E-state index contributed by atoms with van der Waals surface area (Å²) in [5.41, 5.74) is 1.98. The number of hydrogen-bond acceptors (Lipinski definition) is 6. The van der Waals surface area contributed by atoms with Crippen molar-refractivity contribution in [2.24, 2.45) is 0 Å². The van der Waals surface area contributed by atoms with Crippen LogP contribution >= 0.6 is 0 Å². The van der Waals surface area contributed by atoms with Gasteiger partial charge in [0, 0.05) is 6.42 Å². The van der Waals surface area contributed by atoms with Crippen molar-refractivity contribution >= 4 is 17.9 Å². The summed E-state index contributed by atoms with van der Waals surface area (Å²) in [6.07, 6.45) is 1.20. The summed E-state index contributed by atoms with van der Waals surface area (Å²) >= 11 is 0. The third-order valence-corrected chi connectivity index (χ3v) is 5.07. The number of likely N-dealkylation sites (N-methyl/N-ethyl adjacent to an activating group) is 1. The van der Waals surface area contributed by atoms with Crippen LogP contribution in [0.4, 0.5) is 5.69 Å². The zero-order valence-corrected chi connectivity index (χ0v) is 21.8. The van der Waals surface area contributed by atoms with Gasteiger partial charge >= 0.3 is 57.4 Å². The fraction of sp³-hybridized carbons (Fsp3) is 0.391. The molecule has 0 amide bonds. The van der Waals surface area contributed by atoms with Crippen molar-refractivity contribution in [3.63, 3.8) is 0 Å². The Bertz CT molecular complexity index is 869. The van der Waals surface area contributed by atoms with E-state index in [0.29, 0.717) is 26.2 Å². The summed E-state index contributed by atoms with van der Waals surface area (Å²) in [5.74, 6) is 0.109. The van der Waals surface area contributed by atoms with Gasteiger partial charge in [0.15, 0.2) is 5.79 Å². The van der Waals surface area contributed by atoms with Crippen molar-refractivity contribution in [2.75, 3.05) is 33.4 Å². The molecular weight excluding hydrogens is 439 g/mol. The van der Waals surface area contributed by atoms with Gasteiger partial charge < -0.3 is 29.4 Å². The second kappa shape index (κ2) is 12.8. The summed E-state index contributed by atoms with van der Waals surface area (Å²) in [4.78, 5) is 22.8. The van der Waals surface area contributed by atoms with Crippen molar-refractivity contribution in [3.8, 4) is 11.5 Å². The van der Waals surface area contributed by atoms with Gasteiger partial charge in [-0.1, -0.05) is 36.4 Å². The van der Waals surface area contributed by atoms with Crippen LogP contribution in [0.3, 0.4) is 0 Å². The first-order valence-electron chi connectivity index (χ1n) is 10.1. The average molecular weight is 467 g/mol. The molecule has 2 aliphatic heterocycles. The van der Waals surface area contributed by atoms with Gasteiger partial charge in [0.1, 0.15) is 23.8 Å². The van der Waals surface area contributed by atoms with Crippen molar-refractivity contribution in [3.05, 3.63) is 59.4 Å². The van der Waals surface area contributed by atoms with Crippen LogP contribution < -0.4 is 56.1 Å². The Morgan fingerprint density at radius 2 is 1.72 bits per heavy atom. The van der Waals surface area contributed by atoms with E-state index in [9.17, 15) is 9.59 Å². The Balaban J connectivity index is 0.000000230. The van der Waals surface area contributed by atoms with Crippen molar-refractivity contribution < 1.29 is 80.3 Å². The maximum absolute atomic E-state index is 10.8. The van der Waals surface area contributed by atoms with E-state index in [4.69, 9.17) is 19.3 Å². The van der Waals surface area contributed by atoms with Crippen LogP contribution in [0.25, 0.3) is 5.32 Å². The zero-order valence-electron chi connectivity index (χ0n) is 18.7. The molecule has 0 radical (unpaired) electrons. The minimum atomic E-state index is -0.807. The molecule has 8 nitrogen and oxygen atoms in total. The van der Waals surface area contributed by atoms with E-state index < -0.39 is 17.8 Å². The monoisotopic (exact) mass is 466 g/mol. The number of aryl methyl sites for hydroxylation is 1. The number of carboxylic acids is 1. The molecule has 0 aromatic heterocycles. The fourth-order valence-electron chi connectivity index (χ4n) is 3.49. The first-order valence-corrected chi connectivity index (χ1v) is 10.1. The first kappa shape index (κ1) is 26.9. The van der Waals surface area contributed by atoms with E-state index >= 15 is 0 Å². The minimum absolute atomic E-state index is 0. The Labute approximate surface area is 230 Å². The maximum Gasteiger partial charge on any atom is 1.00 e. The summed E-state index contributed by atoms with van der Waals surface area (Å²) < 4.78 is 16.5. The van der Waals surface area contributed by atoms with Gasteiger partial charge in [0.05, 0.1) is 19.8 Å². The van der Waals surface area contributed by atoms with Gasteiger partial charge in [0.2, 0.25) is 0 Å². The molecular formula is C23H27KN2O6. The van der Waals surface area contributed by atoms with Crippen molar-refractivity contribution in [2.45, 2.75) is 25.2 Å². The number of rotatable bonds is 6. The fourth-order valence-corrected chi connectivity index (χ4v) is 3.49. The number of hydrogen-bond donors (Lipinski definition) is 1. The summed E-state index contributed by atoms with van der Waals surface area (Å²) in [5, 5.41) is 12.9. The molecule has 1 atom stereocenters. The first-order chi connectivity index (χ1) is 14.9. The predicted octanol–water partition coefficient (Wildman–Crippen LogP) is 0.514. The average Bonchev–Trinajstić information content (AvgIpc) is 3.35. The van der Waals surface area contributed by atoms with Crippen LogP contribution in [0, 0.1) is 6.92 Å². The van der Waals surface area contributed by atoms with Gasteiger partial charge in [-0.25, -0.2) is 0 Å². The van der Waals surface area contributed by atoms with E-state index in [-0.39, 0.29) is 57.9 Å². The number of likely N-dealkylation sites (tertiary alicyclic amines) is 1. The molecule has 166 valence electrons. The van der Waals surface area contributed by atoms with Gasteiger partial charge in [-0.3, -0.25) is 9.69 Å². The predicted molar refractivity (Wildman–Crippen MR) is 115 cm³/mol. The van der Waals surface area contributed by atoms with E-state index in [2.05, 4.69) is 5.32 Å². The molecule has 9 heteroatoms. The van der Waals surface area contributed by atoms with Crippen molar-refractivity contribution in [1.29, 1.82) is 0 Å². The van der Waals surface area contributed by atoms with E-state index in [1.54, 1.807) is 11.9 Å². The Morgan fingerprint density at radius 3 is 2.22 bits per heavy atom. The van der Waals surface area contributed by atoms with Crippen LogP contribution in [0.2, 0.25) is 0 Å². The van der Waals surface area contributed by atoms with Crippen LogP contribution in [0.5, 0.6) is 11.5 Å². The summed E-state index contributed by atoms with van der Waals surface area (Å²) in [6.45, 7) is 3.91. The number of aldehydes is 1. The molecule has 2 aromatic rings. The van der Waals surface area contributed by atoms with Crippen LogP contribution in [-0.2, 0) is 19.1 Å². The largest absolute Gasteiger partial charge is 1.00 e. The molecule has 0 saturated carbocycles. The number of carbonyl (C=O) groups is 2. The van der Waals surface area contributed by atoms with Crippen LogP contribution in [0.1, 0.15) is 12.0 Å². The Morgan fingerprint density at radius 1 is 1.16 bits per heavy atom. The van der Waals surface area contributed by atoms with E-state index in [1.165, 1.54) is 5.56 Å². The number of benzene rings is 2. The topological polar surface area (TPSA) is 99.4 Å². The summed E-state index contributed by atoms with van der Waals surface area (Å²) in [7, 11) is 1.78. The SMILES string of the molecule is CN1CC2(CC1C(=O)O)OCCO2.Cc1ccc(Oc2ccc([N-]CC=O)cc2)cc1.[K+]. The molecule has 0 aliphatic carbocycles. The minimum Gasteiger partial charge on any atom is -0.679 e. The molecule has 32 heavy (non-hydrogen) atoms. The molecule has 0 bridgehead atoms.